The third kappa shape index (κ3) is 49.4. The minimum absolute atomic E-state index is 0.0677. The summed E-state index contributed by atoms with van der Waals surface area (Å²) in [5.74, 6) is 0. The van der Waals surface area contributed by atoms with E-state index in [-0.39, 0.29) is 5.54 Å². The number of carbonyl (C=O) groups is 1. The highest BCUT2D eigenvalue weighted by Gasteiger charge is 2.05. The van der Waals surface area contributed by atoms with Crippen molar-refractivity contribution in [2.75, 3.05) is 0 Å². The van der Waals surface area contributed by atoms with E-state index in [1.54, 1.807) is 0 Å². The van der Waals surface area contributed by atoms with Crippen LogP contribution in [0.1, 0.15) is 20.3 Å². The van der Waals surface area contributed by atoms with Crippen LogP contribution in [0.3, 0.4) is 0 Å². The topological polar surface area (TPSA) is 83.6 Å². The average Bonchev–Trinajstić information content (AvgIpc) is 1.58. The molecule has 0 aliphatic heterocycles. The van der Waals surface area contributed by atoms with Gasteiger partial charge >= 0.3 is 6.16 Å². The molecule has 0 spiro atoms. The predicted molar refractivity (Wildman–Crippen MR) is 43.7 cm³/mol. The Bertz CT molecular complexity index is 122. The molecule has 11 heavy (non-hydrogen) atoms. The van der Waals surface area contributed by atoms with Gasteiger partial charge in [0.15, 0.2) is 0 Å². The summed E-state index contributed by atoms with van der Waals surface area (Å²) < 4.78 is 0. The van der Waals surface area contributed by atoms with E-state index in [0.717, 1.165) is 6.42 Å². The molecule has 0 heterocycles. The molecular formula is C7H15NO3. The summed E-state index contributed by atoms with van der Waals surface area (Å²) in [5.41, 5.74) is 5.51. The van der Waals surface area contributed by atoms with Gasteiger partial charge in [-0.3, -0.25) is 0 Å². The van der Waals surface area contributed by atoms with Crippen LogP contribution in [0, 0.1) is 0 Å². The minimum atomic E-state index is -1.83. The summed E-state index contributed by atoms with van der Waals surface area (Å²) in [5, 5.41) is 13.9. The van der Waals surface area contributed by atoms with Crippen LogP contribution in [0.15, 0.2) is 12.7 Å². The summed E-state index contributed by atoms with van der Waals surface area (Å²) in [6.45, 7) is 7.53. The Morgan fingerprint density at radius 1 is 1.64 bits per heavy atom. The fraction of sp³-hybridized carbons (Fsp3) is 0.571. The van der Waals surface area contributed by atoms with Crippen LogP contribution >= 0.6 is 0 Å². The molecule has 0 unspecified atom stereocenters. The molecule has 0 atom stereocenters. The van der Waals surface area contributed by atoms with E-state index in [4.69, 9.17) is 20.7 Å². The van der Waals surface area contributed by atoms with E-state index in [9.17, 15) is 0 Å². The molecule has 0 rings (SSSR count). The van der Waals surface area contributed by atoms with Crippen LogP contribution in [0.2, 0.25) is 0 Å². The highest BCUT2D eigenvalue weighted by atomic mass is 16.6. The van der Waals surface area contributed by atoms with Crippen LogP contribution < -0.4 is 5.73 Å². The minimum Gasteiger partial charge on any atom is -0.450 e. The van der Waals surface area contributed by atoms with Crippen LogP contribution in [-0.2, 0) is 0 Å². The van der Waals surface area contributed by atoms with E-state index in [2.05, 4.69) is 6.58 Å². The summed E-state index contributed by atoms with van der Waals surface area (Å²) in [7, 11) is 0. The fourth-order valence-electron chi connectivity index (χ4n) is 0.372. The van der Waals surface area contributed by atoms with Gasteiger partial charge in [0.1, 0.15) is 0 Å². The molecule has 0 radical (unpaired) electrons. The van der Waals surface area contributed by atoms with E-state index in [0.29, 0.717) is 0 Å². The Morgan fingerprint density at radius 2 is 1.91 bits per heavy atom. The first-order valence-corrected chi connectivity index (χ1v) is 3.11. The Kier molecular flexibility index (Phi) is 6.58. The van der Waals surface area contributed by atoms with Crippen molar-refractivity contribution in [3.63, 3.8) is 0 Å². The van der Waals surface area contributed by atoms with Gasteiger partial charge in [0.25, 0.3) is 0 Å². The van der Waals surface area contributed by atoms with Crippen LogP contribution in [0.25, 0.3) is 0 Å². The quantitative estimate of drug-likeness (QED) is 0.536. The van der Waals surface area contributed by atoms with Crippen molar-refractivity contribution in [3.05, 3.63) is 12.7 Å². The summed E-state index contributed by atoms with van der Waals surface area (Å²) in [4.78, 5) is 8.56. The normalized spacial score (nSPS) is 9.36. The van der Waals surface area contributed by atoms with Crippen molar-refractivity contribution in [1.29, 1.82) is 0 Å². The van der Waals surface area contributed by atoms with Gasteiger partial charge in [-0.25, -0.2) is 4.79 Å². The second-order valence-corrected chi connectivity index (χ2v) is 2.76. The lowest BCUT2D eigenvalue weighted by Gasteiger charge is -2.13. The molecule has 0 fully saturated rings. The van der Waals surface area contributed by atoms with E-state index >= 15 is 0 Å². The molecule has 0 aromatic carbocycles. The molecule has 0 saturated heterocycles. The standard InChI is InChI=1S/C6H13N.CH2O3/c1-4-5-6(2,3)7;2-1(3)4/h4H,1,5,7H2,2-3H3;(H2,2,3,4). The van der Waals surface area contributed by atoms with Gasteiger partial charge in [-0.15, -0.1) is 6.58 Å². The third-order valence-corrected chi connectivity index (χ3v) is 0.670. The van der Waals surface area contributed by atoms with E-state index in [1.807, 2.05) is 19.9 Å². The summed E-state index contributed by atoms with van der Waals surface area (Å²) in [6.07, 6.45) is 0.882. The summed E-state index contributed by atoms with van der Waals surface area (Å²) in [6, 6.07) is 0. The lowest BCUT2D eigenvalue weighted by molar-refractivity contribution is 0.137. The molecular weight excluding hydrogens is 146 g/mol. The lowest BCUT2D eigenvalue weighted by atomic mass is 10.0. The molecule has 0 bridgehead atoms. The Balaban J connectivity index is 0. The second-order valence-electron chi connectivity index (χ2n) is 2.76. The number of carboxylic acid groups (broad SMARTS) is 2. The first kappa shape index (κ1) is 12.6. The second kappa shape index (κ2) is 5.73. The molecule has 0 aromatic heterocycles. The molecule has 0 aliphatic carbocycles. The molecule has 4 heteroatoms. The maximum atomic E-state index is 8.56. The van der Waals surface area contributed by atoms with Crippen LogP contribution in [0.5, 0.6) is 0 Å². The van der Waals surface area contributed by atoms with Gasteiger partial charge in [-0.05, 0) is 20.3 Å². The average molecular weight is 161 g/mol. The summed E-state index contributed by atoms with van der Waals surface area (Å²) >= 11 is 0. The van der Waals surface area contributed by atoms with Crippen molar-refractivity contribution >= 4 is 6.16 Å². The Morgan fingerprint density at radius 3 is 1.91 bits per heavy atom. The van der Waals surface area contributed by atoms with Crippen molar-refractivity contribution in [2.24, 2.45) is 5.73 Å². The highest BCUT2D eigenvalue weighted by molar-refractivity contribution is 5.53. The zero-order chi connectivity index (χ0) is 9.49. The van der Waals surface area contributed by atoms with Gasteiger partial charge in [0.05, 0.1) is 0 Å². The number of hydrogen-bond acceptors (Lipinski definition) is 2. The van der Waals surface area contributed by atoms with Crippen molar-refractivity contribution in [1.82, 2.24) is 0 Å². The number of rotatable bonds is 2. The predicted octanol–water partition coefficient (Wildman–Crippen LogP) is 1.52. The Hall–Kier alpha value is -1.03. The largest absolute Gasteiger partial charge is 0.503 e. The van der Waals surface area contributed by atoms with Gasteiger partial charge in [0, 0.05) is 5.54 Å². The fourth-order valence-corrected chi connectivity index (χ4v) is 0.372. The maximum Gasteiger partial charge on any atom is 0.503 e. The van der Waals surface area contributed by atoms with Crippen molar-refractivity contribution in [2.45, 2.75) is 25.8 Å². The SMILES string of the molecule is C=CCC(C)(C)N.O=C(O)O. The van der Waals surface area contributed by atoms with Gasteiger partial charge < -0.3 is 15.9 Å². The van der Waals surface area contributed by atoms with E-state index in [1.165, 1.54) is 0 Å². The van der Waals surface area contributed by atoms with Crippen LogP contribution in [0.4, 0.5) is 4.79 Å². The van der Waals surface area contributed by atoms with E-state index < -0.39 is 6.16 Å². The molecule has 4 nitrogen and oxygen atoms in total. The number of nitrogens with two attached hydrogens (primary N) is 1. The van der Waals surface area contributed by atoms with Gasteiger partial charge in [-0.2, -0.15) is 0 Å². The van der Waals surface area contributed by atoms with Crippen molar-refractivity contribution < 1.29 is 15.0 Å². The maximum absolute atomic E-state index is 8.56. The zero-order valence-corrected chi connectivity index (χ0v) is 6.87. The molecule has 66 valence electrons. The third-order valence-electron chi connectivity index (χ3n) is 0.670. The smallest absolute Gasteiger partial charge is 0.450 e. The first-order chi connectivity index (χ1) is 4.79. The highest BCUT2D eigenvalue weighted by Crippen LogP contribution is 2.01. The van der Waals surface area contributed by atoms with Crippen molar-refractivity contribution in [3.8, 4) is 0 Å². The molecule has 0 aliphatic rings. The van der Waals surface area contributed by atoms with Crippen LogP contribution in [-0.4, -0.2) is 21.9 Å². The lowest BCUT2D eigenvalue weighted by Crippen LogP contribution is -2.30. The van der Waals surface area contributed by atoms with Gasteiger partial charge in [0.2, 0.25) is 0 Å². The van der Waals surface area contributed by atoms with Gasteiger partial charge in [-0.1, -0.05) is 6.08 Å². The molecule has 0 aromatic rings. The molecule has 4 N–H and O–H groups in total. The first-order valence-electron chi connectivity index (χ1n) is 3.11. The number of hydrogen-bond donors (Lipinski definition) is 3. The monoisotopic (exact) mass is 161 g/mol. The molecule has 0 saturated carbocycles. The molecule has 0 amide bonds. The zero-order valence-electron chi connectivity index (χ0n) is 6.87. The Labute approximate surface area is 66.3 Å².